The van der Waals surface area contributed by atoms with Crippen LogP contribution in [0, 0.1) is 11.8 Å². The molecular formula is C19H22ClN3O3. The Labute approximate surface area is 157 Å². The van der Waals surface area contributed by atoms with Crippen molar-refractivity contribution in [2.24, 2.45) is 11.8 Å². The highest BCUT2D eigenvalue weighted by Crippen LogP contribution is 2.42. The van der Waals surface area contributed by atoms with Crippen LogP contribution in [0.15, 0.2) is 30.6 Å². The Bertz CT molecular complexity index is 798. The molecule has 1 saturated heterocycles. The van der Waals surface area contributed by atoms with E-state index in [1.807, 2.05) is 29.1 Å². The molecule has 0 spiro atoms. The second kappa shape index (κ2) is 6.44. The van der Waals surface area contributed by atoms with Crippen molar-refractivity contribution in [1.29, 1.82) is 0 Å². The van der Waals surface area contributed by atoms with E-state index < -0.39 is 0 Å². The molecule has 1 aromatic carbocycles. The van der Waals surface area contributed by atoms with Crippen molar-refractivity contribution in [1.82, 2.24) is 14.7 Å². The standard InChI is InChI=1S/C19H22ClN3O3/c20-15-7-19-18(25-11-26-19)6-14(15)10-22-8-12-4-16(23-3-1-2-21-23)17(24)5-13(12)9-22/h1-3,6-7,12-13,16-17,24H,4-5,8-11H2/t12-,13+,16-,17-/m1/s1. The molecule has 26 heavy (non-hydrogen) atoms. The van der Waals surface area contributed by atoms with E-state index in [1.165, 1.54) is 0 Å². The van der Waals surface area contributed by atoms with E-state index >= 15 is 0 Å². The van der Waals surface area contributed by atoms with Gasteiger partial charge >= 0.3 is 0 Å². The molecule has 0 unspecified atom stereocenters. The van der Waals surface area contributed by atoms with Crippen LogP contribution in [-0.2, 0) is 6.54 Å². The maximum Gasteiger partial charge on any atom is 0.231 e. The third-order valence-corrected chi connectivity index (χ3v) is 6.34. The Hall–Kier alpha value is -1.76. The molecule has 1 aliphatic carbocycles. The van der Waals surface area contributed by atoms with Gasteiger partial charge in [-0.15, -0.1) is 0 Å². The predicted octanol–water partition coefficient (Wildman–Crippen LogP) is 2.71. The molecule has 2 aliphatic heterocycles. The van der Waals surface area contributed by atoms with Gasteiger partial charge in [0.15, 0.2) is 11.5 Å². The molecule has 1 saturated carbocycles. The van der Waals surface area contributed by atoms with Crippen molar-refractivity contribution in [3.63, 3.8) is 0 Å². The molecule has 1 N–H and O–H groups in total. The summed E-state index contributed by atoms with van der Waals surface area (Å²) < 4.78 is 12.8. The zero-order chi connectivity index (χ0) is 17.7. The van der Waals surface area contributed by atoms with Crippen LogP contribution < -0.4 is 9.47 Å². The van der Waals surface area contributed by atoms with Gasteiger partial charge in [0.2, 0.25) is 6.79 Å². The fourth-order valence-corrected chi connectivity index (χ4v) is 4.93. The molecular weight excluding hydrogens is 354 g/mol. The minimum absolute atomic E-state index is 0.0836. The summed E-state index contributed by atoms with van der Waals surface area (Å²) in [5, 5.41) is 15.6. The molecule has 1 aromatic heterocycles. The third-order valence-electron chi connectivity index (χ3n) is 5.98. The zero-order valence-electron chi connectivity index (χ0n) is 14.4. The Morgan fingerprint density at radius 3 is 2.69 bits per heavy atom. The molecule has 6 nitrogen and oxygen atoms in total. The van der Waals surface area contributed by atoms with Gasteiger partial charge in [-0.2, -0.15) is 5.10 Å². The van der Waals surface area contributed by atoms with Crippen molar-refractivity contribution >= 4 is 11.6 Å². The van der Waals surface area contributed by atoms with Gasteiger partial charge in [-0.3, -0.25) is 9.58 Å². The average molecular weight is 376 g/mol. The Kier molecular flexibility index (Phi) is 4.07. The molecule has 5 rings (SSSR count). The van der Waals surface area contributed by atoms with Crippen LogP contribution in [0.25, 0.3) is 0 Å². The smallest absolute Gasteiger partial charge is 0.231 e. The maximum atomic E-state index is 10.6. The summed E-state index contributed by atoms with van der Waals surface area (Å²) in [6.07, 6.45) is 5.21. The minimum Gasteiger partial charge on any atom is -0.454 e. The number of hydrogen-bond donors (Lipinski definition) is 1. The Balaban J connectivity index is 1.29. The molecule has 2 fully saturated rings. The maximum absolute atomic E-state index is 10.6. The first-order chi connectivity index (χ1) is 12.7. The number of halogens is 1. The summed E-state index contributed by atoms with van der Waals surface area (Å²) >= 11 is 6.44. The van der Waals surface area contributed by atoms with Crippen LogP contribution in [0.5, 0.6) is 11.5 Å². The summed E-state index contributed by atoms with van der Waals surface area (Å²) in [4.78, 5) is 2.44. The number of aromatic nitrogens is 2. The van der Waals surface area contributed by atoms with Crippen LogP contribution in [0.1, 0.15) is 24.4 Å². The van der Waals surface area contributed by atoms with Gasteiger partial charge < -0.3 is 14.6 Å². The predicted molar refractivity (Wildman–Crippen MR) is 96.3 cm³/mol. The quantitative estimate of drug-likeness (QED) is 0.893. The lowest BCUT2D eigenvalue weighted by Crippen LogP contribution is -2.36. The first-order valence-corrected chi connectivity index (χ1v) is 9.53. The number of ether oxygens (including phenoxy) is 2. The third kappa shape index (κ3) is 2.86. The first kappa shape index (κ1) is 16.4. The summed E-state index contributed by atoms with van der Waals surface area (Å²) in [6, 6.07) is 5.84. The molecule has 7 heteroatoms. The van der Waals surface area contributed by atoms with Gasteiger partial charge in [0.25, 0.3) is 0 Å². The summed E-state index contributed by atoms with van der Waals surface area (Å²) in [5.41, 5.74) is 1.07. The van der Waals surface area contributed by atoms with Gasteiger partial charge in [0.05, 0.1) is 12.1 Å². The molecule has 0 amide bonds. The van der Waals surface area contributed by atoms with Crippen molar-refractivity contribution in [2.75, 3.05) is 19.9 Å². The van der Waals surface area contributed by atoms with Crippen molar-refractivity contribution < 1.29 is 14.6 Å². The molecule has 0 radical (unpaired) electrons. The first-order valence-electron chi connectivity index (χ1n) is 9.15. The van der Waals surface area contributed by atoms with Crippen LogP contribution in [0.2, 0.25) is 5.02 Å². The Morgan fingerprint density at radius 1 is 1.15 bits per heavy atom. The number of benzene rings is 1. The topological polar surface area (TPSA) is 59.8 Å². The SMILES string of the molecule is O[C@@H]1C[C@H]2CN(Cc3cc4c(cc3Cl)OCO4)C[C@H]2C[C@H]1n1cccn1. The van der Waals surface area contributed by atoms with E-state index in [0.717, 1.165) is 54.6 Å². The summed E-state index contributed by atoms with van der Waals surface area (Å²) in [7, 11) is 0. The zero-order valence-corrected chi connectivity index (χ0v) is 15.2. The van der Waals surface area contributed by atoms with E-state index in [9.17, 15) is 5.11 Å². The van der Waals surface area contributed by atoms with Gasteiger partial charge in [0, 0.05) is 43.1 Å². The monoisotopic (exact) mass is 375 g/mol. The molecule has 3 heterocycles. The average Bonchev–Trinajstić information content (AvgIpc) is 3.34. The van der Waals surface area contributed by atoms with Crippen molar-refractivity contribution in [3.8, 4) is 11.5 Å². The molecule has 3 aliphatic rings. The number of hydrogen-bond acceptors (Lipinski definition) is 5. The van der Waals surface area contributed by atoms with Crippen LogP contribution in [0.3, 0.4) is 0 Å². The number of rotatable bonds is 3. The molecule has 4 atom stereocenters. The number of nitrogens with zero attached hydrogens (tertiary/aromatic N) is 3. The van der Waals surface area contributed by atoms with E-state index in [4.69, 9.17) is 21.1 Å². The van der Waals surface area contributed by atoms with Crippen molar-refractivity contribution in [2.45, 2.75) is 31.5 Å². The Morgan fingerprint density at radius 2 is 1.92 bits per heavy atom. The van der Waals surface area contributed by atoms with Gasteiger partial charge in [-0.05, 0) is 42.4 Å². The van der Waals surface area contributed by atoms with E-state index in [0.29, 0.717) is 11.8 Å². The normalized spacial score (nSPS) is 30.5. The number of aliphatic hydroxyl groups is 1. The molecule has 138 valence electrons. The van der Waals surface area contributed by atoms with Gasteiger partial charge in [-0.25, -0.2) is 0 Å². The van der Waals surface area contributed by atoms with Crippen LogP contribution in [0.4, 0.5) is 0 Å². The fourth-order valence-electron chi connectivity index (χ4n) is 4.72. The summed E-state index contributed by atoms with van der Waals surface area (Å²) in [5.74, 6) is 2.61. The highest BCUT2D eigenvalue weighted by atomic mass is 35.5. The minimum atomic E-state index is -0.328. The van der Waals surface area contributed by atoms with E-state index in [1.54, 1.807) is 6.20 Å². The highest BCUT2D eigenvalue weighted by molar-refractivity contribution is 6.31. The fraction of sp³-hybridized carbons (Fsp3) is 0.526. The molecule has 2 aromatic rings. The van der Waals surface area contributed by atoms with Crippen molar-refractivity contribution in [3.05, 3.63) is 41.2 Å². The second-order valence-corrected chi connectivity index (χ2v) is 8.01. The lowest BCUT2D eigenvalue weighted by Gasteiger charge is -2.35. The number of aliphatic hydroxyl groups excluding tert-OH is 1. The lowest BCUT2D eigenvalue weighted by molar-refractivity contribution is 0.0306. The largest absolute Gasteiger partial charge is 0.454 e. The van der Waals surface area contributed by atoms with Crippen LogP contribution >= 0.6 is 11.6 Å². The highest BCUT2D eigenvalue weighted by Gasteiger charge is 2.42. The van der Waals surface area contributed by atoms with Crippen LogP contribution in [-0.4, -0.2) is 45.8 Å². The summed E-state index contributed by atoms with van der Waals surface area (Å²) in [6.45, 7) is 3.08. The van der Waals surface area contributed by atoms with E-state index in [2.05, 4.69) is 10.00 Å². The second-order valence-electron chi connectivity index (χ2n) is 7.60. The van der Waals surface area contributed by atoms with Gasteiger partial charge in [-0.1, -0.05) is 11.6 Å². The number of fused-ring (bicyclic) bond motifs is 2. The molecule has 0 bridgehead atoms. The van der Waals surface area contributed by atoms with Gasteiger partial charge in [0.1, 0.15) is 0 Å². The lowest BCUT2D eigenvalue weighted by atomic mass is 9.77. The van der Waals surface area contributed by atoms with E-state index in [-0.39, 0.29) is 18.9 Å². The number of likely N-dealkylation sites (tertiary alicyclic amines) is 1.